The molecular formula is C17H22N4O2S. The number of hydrogen-bond acceptors (Lipinski definition) is 4. The van der Waals surface area contributed by atoms with Crippen LogP contribution in [0.2, 0.25) is 0 Å². The summed E-state index contributed by atoms with van der Waals surface area (Å²) in [5.41, 5.74) is 1.87. The van der Waals surface area contributed by atoms with E-state index < -0.39 is 6.03 Å². The summed E-state index contributed by atoms with van der Waals surface area (Å²) in [5, 5.41) is 5.70. The summed E-state index contributed by atoms with van der Waals surface area (Å²) in [4.78, 5) is 28.0. The molecule has 2 rings (SSSR count). The first-order valence-electron chi connectivity index (χ1n) is 7.78. The van der Waals surface area contributed by atoms with Crippen LogP contribution in [-0.2, 0) is 11.3 Å². The van der Waals surface area contributed by atoms with E-state index in [0.29, 0.717) is 19.0 Å². The Morgan fingerprint density at radius 2 is 2.12 bits per heavy atom. The molecule has 1 aromatic carbocycles. The van der Waals surface area contributed by atoms with Crippen LogP contribution < -0.4 is 10.6 Å². The van der Waals surface area contributed by atoms with E-state index in [1.54, 1.807) is 6.08 Å². The van der Waals surface area contributed by atoms with E-state index in [4.69, 9.17) is 0 Å². The van der Waals surface area contributed by atoms with E-state index in [1.807, 2.05) is 42.7 Å². The van der Waals surface area contributed by atoms with Gasteiger partial charge in [0, 0.05) is 13.1 Å². The quantitative estimate of drug-likeness (QED) is 0.597. The average molecular weight is 346 g/mol. The van der Waals surface area contributed by atoms with Gasteiger partial charge < -0.3 is 9.88 Å². The number of para-hydroxylation sites is 2. The zero-order chi connectivity index (χ0) is 17.5. The molecule has 3 amide bonds. The Morgan fingerprint density at radius 1 is 1.38 bits per heavy atom. The van der Waals surface area contributed by atoms with Crippen LogP contribution in [0.5, 0.6) is 0 Å². The molecular weight excluding hydrogens is 324 g/mol. The van der Waals surface area contributed by atoms with Crippen molar-refractivity contribution in [1.82, 2.24) is 20.2 Å². The molecule has 0 saturated carbocycles. The first kappa shape index (κ1) is 18.1. The summed E-state index contributed by atoms with van der Waals surface area (Å²) in [7, 11) is 0. The van der Waals surface area contributed by atoms with Crippen molar-refractivity contribution in [1.29, 1.82) is 0 Å². The van der Waals surface area contributed by atoms with Gasteiger partial charge in [0.15, 0.2) is 5.16 Å². The molecule has 7 heteroatoms. The van der Waals surface area contributed by atoms with Gasteiger partial charge in [-0.3, -0.25) is 10.1 Å². The second kappa shape index (κ2) is 8.54. The monoisotopic (exact) mass is 346 g/mol. The summed E-state index contributed by atoms with van der Waals surface area (Å²) in [6.45, 7) is 8.88. The van der Waals surface area contributed by atoms with Gasteiger partial charge in [0.1, 0.15) is 0 Å². The highest BCUT2D eigenvalue weighted by Crippen LogP contribution is 2.23. The second-order valence-electron chi connectivity index (χ2n) is 5.72. The number of imide groups is 1. The Hall–Kier alpha value is -2.28. The fourth-order valence-corrected chi connectivity index (χ4v) is 2.93. The number of carbonyl (C=O) groups is 2. The van der Waals surface area contributed by atoms with Crippen molar-refractivity contribution >= 4 is 34.7 Å². The Balaban J connectivity index is 1.97. The van der Waals surface area contributed by atoms with Crippen molar-refractivity contribution < 1.29 is 9.59 Å². The third kappa shape index (κ3) is 4.86. The lowest BCUT2D eigenvalue weighted by Gasteiger charge is -2.09. The minimum atomic E-state index is -0.464. The van der Waals surface area contributed by atoms with E-state index in [1.165, 1.54) is 11.8 Å². The molecule has 0 spiro atoms. The number of amides is 3. The van der Waals surface area contributed by atoms with Gasteiger partial charge in [-0.25, -0.2) is 9.78 Å². The lowest BCUT2D eigenvalue weighted by atomic mass is 10.2. The molecule has 0 aliphatic heterocycles. The fourth-order valence-electron chi connectivity index (χ4n) is 2.10. The summed E-state index contributed by atoms with van der Waals surface area (Å²) in [6, 6.07) is 7.32. The molecule has 2 N–H and O–H groups in total. The molecule has 0 atom stereocenters. The molecule has 1 heterocycles. The highest BCUT2D eigenvalue weighted by atomic mass is 32.2. The lowest BCUT2D eigenvalue weighted by molar-refractivity contribution is -0.117. The SMILES string of the molecule is C=CCn1c(SCC(=O)NC(=O)NCC(C)C)nc2ccccc21. The van der Waals surface area contributed by atoms with E-state index in [0.717, 1.165) is 16.2 Å². The highest BCUT2D eigenvalue weighted by Gasteiger charge is 2.13. The number of thioether (sulfide) groups is 1. The number of nitrogens with zero attached hydrogens (tertiary/aromatic N) is 2. The Kier molecular flexibility index (Phi) is 6.43. The maximum atomic E-state index is 11.9. The molecule has 0 radical (unpaired) electrons. The maximum Gasteiger partial charge on any atom is 0.321 e. The number of benzene rings is 1. The number of hydrogen-bond donors (Lipinski definition) is 2. The predicted molar refractivity (Wildman–Crippen MR) is 97.0 cm³/mol. The van der Waals surface area contributed by atoms with Gasteiger partial charge in [-0.1, -0.05) is 43.8 Å². The van der Waals surface area contributed by atoms with Crippen LogP contribution >= 0.6 is 11.8 Å². The molecule has 0 fully saturated rings. The number of urea groups is 1. The van der Waals surface area contributed by atoms with E-state index in [-0.39, 0.29) is 11.7 Å². The van der Waals surface area contributed by atoms with E-state index in [2.05, 4.69) is 22.2 Å². The standard InChI is InChI=1S/C17H22N4O2S/c1-4-9-21-14-8-6-5-7-13(14)19-17(21)24-11-15(22)20-16(23)18-10-12(2)3/h4-8,12H,1,9-11H2,2-3H3,(H2,18,20,22,23). The van der Waals surface area contributed by atoms with E-state index in [9.17, 15) is 9.59 Å². The number of aromatic nitrogens is 2. The van der Waals surface area contributed by atoms with Crippen molar-refractivity contribution in [3.8, 4) is 0 Å². The van der Waals surface area contributed by atoms with E-state index >= 15 is 0 Å². The van der Waals surface area contributed by atoms with Gasteiger partial charge in [-0.15, -0.1) is 6.58 Å². The van der Waals surface area contributed by atoms with Crippen LogP contribution in [0.4, 0.5) is 4.79 Å². The van der Waals surface area contributed by atoms with Crippen LogP contribution in [0, 0.1) is 5.92 Å². The largest absolute Gasteiger partial charge is 0.338 e. The molecule has 6 nitrogen and oxygen atoms in total. The molecule has 1 aromatic heterocycles. The van der Waals surface area contributed by atoms with Crippen molar-refractivity contribution in [2.45, 2.75) is 25.5 Å². The Labute approximate surface area is 145 Å². The lowest BCUT2D eigenvalue weighted by Crippen LogP contribution is -2.41. The molecule has 0 bridgehead atoms. The zero-order valence-corrected chi connectivity index (χ0v) is 14.7. The summed E-state index contributed by atoms with van der Waals surface area (Å²) in [5.74, 6) is 0.104. The van der Waals surface area contributed by atoms with Crippen molar-refractivity contribution in [2.75, 3.05) is 12.3 Å². The summed E-state index contributed by atoms with van der Waals surface area (Å²) < 4.78 is 2.00. The first-order valence-corrected chi connectivity index (χ1v) is 8.76. The Bertz CT molecular complexity index is 739. The fraction of sp³-hybridized carbons (Fsp3) is 0.353. The van der Waals surface area contributed by atoms with Gasteiger partial charge >= 0.3 is 6.03 Å². The van der Waals surface area contributed by atoms with Crippen molar-refractivity contribution in [3.63, 3.8) is 0 Å². The summed E-state index contributed by atoms with van der Waals surface area (Å²) in [6.07, 6.45) is 1.79. The molecule has 0 aliphatic rings. The van der Waals surface area contributed by atoms with Gasteiger partial charge in [-0.05, 0) is 18.1 Å². The number of carbonyl (C=O) groups excluding carboxylic acids is 2. The molecule has 24 heavy (non-hydrogen) atoms. The molecule has 0 aliphatic carbocycles. The molecule has 2 aromatic rings. The Morgan fingerprint density at radius 3 is 2.83 bits per heavy atom. The molecule has 128 valence electrons. The highest BCUT2D eigenvalue weighted by molar-refractivity contribution is 7.99. The van der Waals surface area contributed by atoms with Gasteiger partial charge in [-0.2, -0.15) is 0 Å². The van der Waals surface area contributed by atoms with Crippen LogP contribution in [0.3, 0.4) is 0 Å². The predicted octanol–water partition coefficient (Wildman–Crippen LogP) is 2.80. The minimum Gasteiger partial charge on any atom is -0.338 e. The molecule has 0 unspecified atom stereocenters. The van der Waals surface area contributed by atoms with Gasteiger partial charge in [0.25, 0.3) is 0 Å². The number of allylic oxidation sites excluding steroid dienone is 1. The second-order valence-corrected chi connectivity index (χ2v) is 6.67. The van der Waals surface area contributed by atoms with Crippen molar-refractivity contribution in [3.05, 3.63) is 36.9 Å². The van der Waals surface area contributed by atoms with Crippen LogP contribution in [0.15, 0.2) is 42.1 Å². The normalized spacial score (nSPS) is 10.8. The molecule has 0 saturated heterocycles. The third-order valence-electron chi connectivity index (χ3n) is 3.19. The number of fused-ring (bicyclic) bond motifs is 1. The number of nitrogens with one attached hydrogen (secondary N) is 2. The van der Waals surface area contributed by atoms with Gasteiger partial charge in [0.05, 0.1) is 16.8 Å². The number of rotatable bonds is 7. The average Bonchev–Trinajstić information content (AvgIpc) is 2.89. The first-order chi connectivity index (χ1) is 11.5. The van der Waals surface area contributed by atoms with Crippen LogP contribution in [0.1, 0.15) is 13.8 Å². The zero-order valence-electron chi connectivity index (χ0n) is 13.9. The topological polar surface area (TPSA) is 76.0 Å². The van der Waals surface area contributed by atoms with Gasteiger partial charge in [0.2, 0.25) is 5.91 Å². The van der Waals surface area contributed by atoms with Crippen molar-refractivity contribution in [2.24, 2.45) is 5.92 Å². The smallest absolute Gasteiger partial charge is 0.321 e. The summed E-state index contributed by atoms with van der Waals surface area (Å²) >= 11 is 1.30. The van der Waals surface area contributed by atoms with Crippen LogP contribution in [-0.4, -0.2) is 33.8 Å². The maximum absolute atomic E-state index is 11.9. The number of imidazole rings is 1. The minimum absolute atomic E-state index is 0.121. The third-order valence-corrected chi connectivity index (χ3v) is 4.16. The van der Waals surface area contributed by atoms with Crippen LogP contribution in [0.25, 0.3) is 11.0 Å².